The lowest BCUT2D eigenvalue weighted by atomic mass is 9.93. The van der Waals surface area contributed by atoms with Gasteiger partial charge >= 0.3 is 5.91 Å². The standard InChI is InChI=1S/C12H21NO4/c1-5-9-17-13-10(6-2)12(11(13)14,15-7-3)16-8-4/h5,10H,1,6-9H2,2-4H3. The molecule has 0 saturated carbocycles. The fourth-order valence-corrected chi connectivity index (χ4v) is 2.03. The minimum atomic E-state index is -1.15. The third-order valence-electron chi connectivity index (χ3n) is 2.66. The van der Waals surface area contributed by atoms with E-state index in [1.165, 1.54) is 5.06 Å². The Morgan fingerprint density at radius 1 is 1.35 bits per heavy atom. The first-order chi connectivity index (χ1) is 8.17. The fourth-order valence-electron chi connectivity index (χ4n) is 2.03. The number of rotatable bonds is 8. The number of carbonyl (C=O) groups excluding carboxylic acids is 1. The second-order valence-electron chi connectivity index (χ2n) is 3.67. The molecule has 1 unspecified atom stereocenters. The highest BCUT2D eigenvalue weighted by Crippen LogP contribution is 2.38. The van der Waals surface area contributed by atoms with Gasteiger partial charge in [0, 0.05) is 13.2 Å². The zero-order valence-corrected chi connectivity index (χ0v) is 10.8. The second kappa shape index (κ2) is 6.14. The van der Waals surface area contributed by atoms with Gasteiger partial charge in [0.2, 0.25) is 0 Å². The Morgan fingerprint density at radius 3 is 2.35 bits per heavy atom. The molecule has 0 aromatic carbocycles. The van der Waals surface area contributed by atoms with Gasteiger partial charge in [-0.15, -0.1) is 6.58 Å². The van der Waals surface area contributed by atoms with Crippen LogP contribution in [0.2, 0.25) is 0 Å². The van der Waals surface area contributed by atoms with Crippen LogP contribution in [0.5, 0.6) is 0 Å². The molecule has 1 atom stereocenters. The summed E-state index contributed by atoms with van der Waals surface area (Å²) in [6, 6.07) is -0.199. The lowest BCUT2D eigenvalue weighted by Crippen LogP contribution is -2.75. The van der Waals surface area contributed by atoms with Gasteiger partial charge in [-0.05, 0) is 20.3 Å². The average molecular weight is 243 g/mol. The molecule has 1 aliphatic heterocycles. The number of hydroxylamine groups is 2. The molecule has 0 aromatic heterocycles. The van der Waals surface area contributed by atoms with Gasteiger partial charge in [0.05, 0.1) is 6.61 Å². The molecule has 0 aliphatic carbocycles. The maximum Gasteiger partial charge on any atom is 0.309 e. The summed E-state index contributed by atoms with van der Waals surface area (Å²) < 4.78 is 11.0. The molecule has 5 heteroatoms. The van der Waals surface area contributed by atoms with Crippen LogP contribution in [0.25, 0.3) is 0 Å². The molecule has 0 aromatic rings. The summed E-state index contributed by atoms with van der Waals surface area (Å²) in [6.07, 6.45) is 2.31. The van der Waals surface area contributed by atoms with Crippen molar-refractivity contribution in [3.05, 3.63) is 12.7 Å². The molecular weight excluding hydrogens is 222 g/mol. The van der Waals surface area contributed by atoms with Crippen LogP contribution in [-0.4, -0.2) is 42.6 Å². The predicted molar refractivity (Wildman–Crippen MR) is 63.1 cm³/mol. The minimum Gasteiger partial charge on any atom is -0.341 e. The summed E-state index contributed by atoms with van der Waals surface area (Å²) >= 11 is 0. The van der Waals surface area contributed by atoms with Crippen LogP contribution in [0.3, 0.4) is 0 Å². The monoisotopic (exact) mass is 243 g/mol. The lowest BCUT2D eigenvalue weighted by Gasteiger charge is -2.52. The Labute approximate surface area is 102 Å². The molecule has 0 bridgehead atoms. The van der Waals surface area contributed by atoms with E-state index in [0.717, 1.165) is 0 Å². The van der Waals surface area contributed by atoms with Gasteiger partial charge < -0.3 is 9.47 Å². The van der Waals surface area contributed by atoms with E-state index < -0.39 is 5.79 Å². The van der Waals surface area contributed by atoms with E-state index in [1.54, 1.807) is 6.08 Å². The smallest absolute Gasteiger partial charge is 0.309 e. The Kier molecular flexibility index (Phi) is 5.11. The first-order valence-electron chi connectivity index (χ1n) is 6.03. The number of amides is 1. The van der Waals surface area contributed by atoms with Crippen molar-refractivity contribution in [1.82, 2.24) is 5.06 Å². The van der Waals surface area contributed by atoms with Gasteiger partial charge in [-0.2, -0.15) is 0 Å². The lowest BCUT2D eigenvalue weighted by molar-refractivity contribution is -0.353. The quantitative estimate of drug-likeness (QED) is 0.368. The zero-order chi connectivity index (χ0) is 12.9. The molecule has 5 nitrogen and oxygen atoms in total. The Balaban J connectivity index is 2.77. The number of ether oxygens (including phenoxy) is 2. The number of carbonyl (C=O) groups is 1. The van der Waals surface area contributed by atoms with Crippen LogP contribution in [-0.2, 0) is 19.1 Å². The van der Waals surface area contributed by atoms with E-state index in [0.29, 0.717) is 26.2 Å². The van der Waals surface area contributed by atoms with Crippen LogP contribution < -0.4 is 0 Å². The van der Waals surface area contributed by atoms with E-state index in [-0.39, 0.29) is 11.9 Å². The third-order valence-corrected chi connectivity index (χ3v) is 2.66. The molecule has 0 N–H and O–H groups in total. The fraction of sp³-hybridized carbons (Fsp3) is 0.750. The van der Waals surface area contributed by atoms with E-state index in [4.69, 9.17) is 14.3 Å². The normalized spacial score (nSPS) is 22.4. The van der Waals surface area contributed by atoms with E-state index >= 15 is 0 Å². The van der Waals surface area contributed by atoms with Gasteiger partial charge in [0.25, 0.3) is 5.79 Å². The van der Waals surface area contributed by atoms with Crippen molar-refractivity contribution in [3.8, 4) is 0 Å². The summed E-state index contributed by atoms with van der Waals surface area (Å²) in [4.78, 5) is 17.4. The van der Waals surface area contributed by atoms with Crippen LogP contribution in [0, 0.1) is 0 Å². The summed E-state index contributed by atoms with van der Waals surface area (Å²) in [5.74, 6) is -1.42. The predicted octanol–water partition coefficient (Wildman–Crippen LogP) is 1.49. The molecule has 0 radical (unpaired) electrons. The van der Waals surface area contributed by atoms with E-state index in [9.17, 15) is 4.79 Å². The van der Waals surface area contributed by atoms with Gasteiger partial charge in [-0.25, -0.2) is 5.06 Å². The molecule has 1 rings (SSSR count). The molecule has 1 amide bonds. The van der Waals surface area contributed by atoms with Crippen LogP contribution >= 0.6 is 0 Å². The highest BCUT2D eigenvalue weighted by atomic mass is 16.8. The van der Waals surface area contributed by atoms with Crippen LogP contribution in [0.1, 0.15) is 27.2 Å². The zero-order valence-electron chi connectivity index (χ0n) is 10.8. The van der Waals surface area contributed by atoms with Crippen molar-refractivity contribution >= 4 is 5.91 Å². The Morgan fingerprint density at radius 2 is 1.94 bits per heavy atom. The number of nitrogens with zero attached hydrogens (tertiary/aromatic N) is 1. The van der Waals surface area contributed by atoms with E-state index in [1.807, 2.05) is 20.8 Å². The number of hydrogen-bond donors (Lipinski definition) is 0. The molecule has 98 valence electrons. The average Bonchev–Trinajstić information content (AvgIpc) is 2.33. The summed E-state index contributed by atoms with van der Waals surface area (Å²) in [6.45, 7) is 10.4. The SMILES string of the molecule is C=CCON1C(=O)C(OCC)(OCC)C1CC. The summed E-state index contributed by atoms with van der Waals surface area (Å²) in [5, 5.41) is 1.33. The molecule has 1 heterocycles. The Hall–Kier alpha value is -0.910. The van der Waals surface area contributed by atoms with Crippen molar-refractivity contribution in [2.45, 2.75) is 39.0 Å². The number of β-lactam (4-membered cyclic amide) rings is 1. The Bertz CT molecular complexity index is 274. The van der Waals surface area contributed by atoms with Crippen LogP contribution in [0.4, 0.5) is 0 Å². The topological polar surface area (TPSA) is 48.0 Å². The highest BCUT2D eigenvalue weighted by molar-refractivity contribution is 5.90. The molecule has 1 saturated heterocycles. The maximum atomic E-state index is 12.1. The van der Waals surface area contributed by atoms with Crippen LogP contribution in [0.15, 0.2) is 12.7 Å². The van der Waals surface area contributed by atoms with Gasteiger partial charge in [-0.3, -0.25) is 9.63 Å². The summed E-state index contributed by atoms with van der Waals surface area (Å²) in [5.41, 5.74) is 0. The number of hydrogen-bond acceptors (Lipinski definition) is 4. The molecule has 17 heavy (non-hydrogen) atoms. The molecular formula is C12H21NO4. The molecule has 1 fully saturated rings. The van der Waals surface area contributed by atoms with Crippen molar-refractivity contribution in [2.75, 3.05) is 19.8 Å². The van der Waals surface area contributed by atoms with Crippen molar-refractivity contribution in [1.29, 1.82) is 0 Å². The largest absolute Gasteiger partial charge is 0.341 e. The van der Waals surface area contributed by atoms with E-state index in [2.05, 4.69) is 6.58 Å². The van der Waals surface area contributed by atoms with Crippen molar-refractivity contribution in [3.63, 3.8) is 0 Å². The van der Waals surface area contributed by atoms with Crippen molar-refractivity contribution in [2.24, 2.45) is 0 Å². The second-order valence-corrected chi connectivity index (χ2v) is 3.67. The minimum absolute atomic E-state index is 0.199. The maximum absolute atomic E-state index is 12.1. The summed E-state index contributed by atoms with van der Waals surface area (Å²) in [7, 11) is 0. The van der Waals surface area contributed by atoms with Gasteiger partial charge in [0.1, 0.15) is 6.04 Å². The van der Waals surface area contributed by atoms with Gasteiger partial charge in [-0.1, -0.05) is 13.0 Å². The van der Waals surface area contributed by atoms with Gasteiger partial charge in [0.15, 0.2) is 0 Å². The first kappa shape index (κ1) is 14.2. The third kappa shape index (κ3) is 2.36. The van der Waals surface area contributed by atoms with Crippen molar-refractivity contribution < 1.29 is 19.1 Å². The molecule has 0 spiro atoms. The molecule has 1 aliphatic rings. The highest BCUT2D eigenvalue weighted by Gasteiger charge is 2.64. The first-order valence-corrected chi connectivity index (χ1v) is 6.03.